The van der Waals surface area contributed by atoms with E-state index in [1.165, 1.54) is 0 Å². The first-order chi connectivity index (χ1) is 5.27. The van der Waals surface area contributed by atoms with E-state index >= 15 is 0 Å². The highest BCUT2D eigenvalue weighted by Crippen LogP contribution is 2.11. The molecule has 0 aliphatic heterocycles. The Morgan fingerprint density at radius 3 is 3.18 bits per heavy atom. The van der Waals surface area contributed by atoms with E-state index in [0.29, 0.717) is 5.69 Å². The summed E-state index contributed by atoms with van der Waals surface area (Å²) in [5.74, 6) is 0.744. The maximum atomic E-state index is 5.63. The van der Waals surface area contributed by atoms with Crippen LogP contribution in [0.25, 0.3) is 5.52 Å². The van der Waals surface area contributed by atoms with Crippen LogP contribution in [0.3, 0.4) is 0 Å². The molecule has 0 fully saturated rings. The van der Waals surface area contributed by atoms with Crippen LogP contribution in [0, 0.1) is 6.92 Å². The van der Waals surface area contributed by atoms with E-state index in [9.17, 15) is 0 Å². The van der Waals surface area contributed by atoms with Gasteiger partial charge >= 0.3 is 0 Å². The van der Waals surface area contributed by atoms with Crippen molar-refractivity contribution < 1.29 is 0 Å². The highest BCUT2D eigenvalue weighted by atomic mass is 15.2. The molecule has 2 rings (SSSR count). The van der Waals surface area contributed by atoms with Gasteiger partial charge in [0.2, 0.25) is 0 Å². The molecule has 2 heterocycles. The molecule has 0 atom stereocenters. The van der Waals surface area contributed by atoms with Gasteiger partial charge in [-0.3, -0.25) is 0 Å². The van der Waals surface area contributed by atoms with Crippen LogP contribution in [-0.2, 0) is 0 Å². The van der Waals surface area contributed by atoms with Crippen LogP contribution in [-0.4, -0.2) is 14.6 Å². The molecule has 0 aromatic carbocycles. The zero-order valence-corrected chi connectivity index (χ0v) is 6.15. The van der Waals surface area contributed by atoms with Crippen LogP contribution in [0.1, 0.15) is 5.82 Å². The van der Waals surface area contributed by atoms with Crippen molar-refractivity contribution in [2.75, 3.05) is 5.73 Å². The lowest BCUT2D eigenvalue weighted by Crippen LogP contribution is -1.95. The fraction of sp³-hybridized carbons (Fsp3) is 0.143. The number of rotatable bonds is 0. The van der Waals surface area contributed by atoms with Crippen molar-refractivity contribution in [3.63, 3.8) is 0 Å². The summed E-state index contributed by atoms with van der Waals surface area (Å²) in [5.41, 5.74) is 7.20. The molecule has 0 saturated carbocycles. The van der Waals surface area contributed by atoms with E-state index in [-0.39, 0.29) is 0 Å². The number of aryl methyl sites for hydroxylation is 1. The molecule has 2 aromatic heterocycles. The van der Waals surface area contributed by atoms with Crippen molar-refractivity contribution >= 4 is 11.2 Å². The molecule has 0 aliphatic carbocycles. The van der Waals surface area contributed by atoms with Crippen LogP contribution in [0.15, 0.2) is 18.5 Å². The fourth-order valence-corrected chi connectivity index (χ4v) is 1.01. The standard InChI is InChI=1S/C7H8N4/c1-5-9-4-7-6(8)2-3-11(7)10-5/h2-4H,8H2,1H3. The Morgan fingerprint density at radius 2 is 2.36 bits per heavy atom. The summed E-state index contributed by atoms with van der Waals surface area (Å²) in [7, 11) is 0. The summed E-state index contributed by atoms with van der Waals surface area (Å²) in [6, 6.07) is 1.81. The summed E-state index contributed by atoms with van der Waals surface area (Å²) in [5, 5.41) is 4.12. The topological polar surface area (TPSA) is 56.2 Å². The lowest BCUT2D eigenvalue weighted by atomic mass is 10.4. The normalized spacial score (nSPS) is 10.6. The predicted molar refractivity (Wildman–Crippen MR) is 42.1 cm³/mol. The number of aromatic nitrogens is 3. The second-order valence-corrected chi connectivity index (χ2v) is 2.41. The van der Waals surface area contributed by atoms with Crippen LogP contribution in [0.2, 0.25) is 0 Å². The van der Waals surface area contributed by atoms with Gasteiger partial charge in [-0.15, -0.1) is 0 Å². The van der Waals surface area contributed by atoms with Crippen molar-refractivity contribution in [3.8, 4) is 0 Å². The maximum Gasteiger partial charge on any atom is 0.146 e. The minimum Gasteiger partial charge on any atom is -0.397 e. The first kappa shape index (κ1) is 6.15. The molecule has 4 heteroatoms. The molecule has 0 spiro atoms. The Balaban J connectivity index is 2.86. The third-order valence-corrected chi connectivity index (χ3v) is 1.56. The van der Waals surface area contributed by atoms with Crippen molar-refractivity contribution in [2.45, 2.75) is 6.92 Å². The van der Waals surface area contributed by atoms with Crippen molar-refractivity contribution in [1.82, 2.24) is 14.6 Å². The molecule has 0 amide bonds. The number of hydrogen-bond acceptors (Lipinski definition) is 3. The van der Waals surface area contributed by atoms with Crippen LogP contribution < -0.4 is 5.73 Å². The molecule has 11 heavy (non-hydrogen) atoms. The zero-order chi connectivity index (χ0) is 7.84. The van der Waals surface area contributed by atoms with Gasteiger partial charge in [-0.05, 0) is 13.0 Å². The Hall–Kier alpha value is -1.58. The minimum atomic E-state index is 0.713. The number of nitrogens with zero attached hydrogens (tertiary/aromatic N) is 3. The van der Waals surface area contributed by atoms with Gasteiger partial charge in [0, 0.05) is 6.20 Å². The average molecular weight is 148 g/mol. The molecule has 2 aromatic rings. The number of anilines is 1. The molecule has 0 bridgehead atoms. The van der Waals surface area contributed by atoms with Crippen LogP contribution in [0.5, 0.6) is 0 Å². The Labute approximate surface area is 63.7 Å². The van der Waals surface area contributed by atoms with Crippen molar-refractivity contribution in [3.05, 3.63) is 24.3 Å². The van der Waals surface area contributed by atoms with E-state index in [0.717, 1.165) is 11.3 Å². The minimum absolute atomic E-state index is 0.713. The fourth-order valence-electron chi connectivity index (χ4n) is 1.01. The highest BCUT2D eigenvalue weighted by molar-refractivity contribution is 5.68. The second-order valence-electron chi connectivity index (χ2n) is 2.41. The first-order valence-corrected chi connectivity index (χ1v) is 3.34. The summed E-state index contributed by atoms with van der Waals surface area (Å²) in [6.45, 7) is 1.84. The van der Waals surface area contributed by atoms with Gasteiger partial charge in [-0.1, -0.05) is 0 Å². The average Bonchev–Trinajstić information content (AvgIpc) is 2.32. The SMILES string of the molecule is Cc1ncc2c(N)ccn2n1. The molecular weight excluding hydrogens is 140 g/mol. The molecule has 0 saturated heterocycles. The quantitative estimate of drug-likeness (QED) is 0.595. The molecule has 4 nitrogen and oxygen atoms in total. The van der Waals surface area contributed by atoms with Crippen molar-refractivity contribution in [2.24, 2.45) is 0 Å². The van der Waals surface area contributed by atoms with E-state index in [2.05, 4.69) is 10.1 Å². The van der Waals surface area contributed by atoms with Gasteiger partial charge in [0.15, 0.2) is 0 Å². The van der Waals surface area contributed by atoms with E-state index in [1.807, 2.05) is 19.2 Å². The molecular formula is C7H8N4. The largest absolute Gasteiger partial charge is 0.397 e. The molecule has 56 valence electrons. The van der Waals surface area contributed by atoms with Gasteiger partial charge in [-0.2, -0.15) is 5.10 Å². The summed E-state index contributed by atoms with van der Waals surface area (Å²) < 4.78 is 1.72. The van der Waals surface area contributed by atoms with Crippen molar-refractivity contribution in [1.29, 1.82) is 0 Å². The zero-order valence-electron chi connectivity index (χ0n) is 6.15. The lowest BCUT2D eigenvalue weighted by molar-refractivity contribution is 0.857. The third kappa shape index (κ3) is 0.832. The highest BCUT2D eigenvalue weighted by Gasteiger charge is 1.98. The summed E-state index contributed by atoms with van der Waals surface area (Å²) >= 11 is 0. The van der Waals surface area contributed by atoms with E-state index < -0.39 is 0 Å². The van der Waals surface area contributed by atoms with Crippen LogP contribution >= 0.6 is 0 Å². The lowest BCUT2D eigenvalue weighted by Gasteiger charge is -1.94. The Kier molecular flexibility index (Phi) is 1.09. The monoisotopic (exact) mass is 148 g/mol. The molecule has 0 radical (unpaired) electrons. The predicted octanol–water partition coefficient (Wildman–Crippen LogP) is 0.620. The Bertz CT molecular complexity index is 390. The number of nitrogens with two attached hydrogens (primary N) is 1. The van der Waals surface area contributed by atoms with Gasteiger partial charge in [-0.25, -0.2) is 9.50 Å². The first-order valence-electron chi connectivity index (χ1n) is 3.34. The maximum absolute atomic E-state index is 5.63. The van der Waals surface area contributed by atoms with E-state index in [1.54, 1.807) is 10.7 Å². The molecule has 2 N–H and O–H groups in total. The van der Waals surface area contributed by atoms with Gasteiger partial charge in [0.05, 0.1) is 11.9 Å². The summed E-state index contributed by atoms with van der Waals surface area (Å²) in [6.07, 6.45) is 3.54. The summed E-state index contributed by atoms with van der Waals surface area (Å²) in [4.78, 5) is 4.03. The number of nitrogen functional groups attached to an aromatic ring is 1. The third-order valence-electron chi connectivity index (χ3n) is 1.56. The second kappa shape index (κ2) is 1.95. The van der Waals surface area contributed by atoms with Gasteiger partial charge in [0.25, 0.3) is 0 Å². The number of fused-ring (bicyclic) bond motifs is 1. The van der Waals surface area contributed by atoms with E-state index in [4.69, 9.17) is 5.73 Å². The number of hydrogen-bond donors (Lipinski definition) is 1. The van der Waals surface area contributed by atoms with Gasteiger partial charge in [0.1, 0.15) is 11.3 Å². The van der Waals surface area contributed by atoms with Crippen LogP contribution in [0.4, 0.5) is 5.69 Å². The smallest absolute Gasteiger partial charge is 0.146 e. The molecule has 0 aliphatic rings. The Morgan fingerprint density at radius 1 is 1.55 bits per heavy atom. The molecule has 0 unspecified atom stereocenters. The van der Waals surface area contributed by atoms with Gasteiger partial charge < -0.3 is 5.73 Å².